The van der Waals surface area contributed by atoms with Gasteiger partial charge in [0.05, 0.1) is 5.60 Å². The highest BCUT2D eigenvalue weighted by Crippen LogP contribution is 2.33. The number of hydrogen-bond acceptors (Lipinski definition) is 4. The van der Waals surface area contributed by atoms with Gasteiger partial charge in [-0.3, -0.25) is 0 Å². The predicted octanol–water partition coefficient (Wildman–Crippen LogP) is 2.49. The maximum atomic E-state index is 12.0. The summed E-state index contributed by atoms with van der Waals surface area (Å²) in [6.07, 6.45) is 0.642. The molecule has 0 radical (unpaired) electrons. The molecule has 1 fully saturated rings. The lowest BCUT2D eigenvalue weighted by Gasteiger charge is -2.39. The van der Waals surface area contributed by atoms with Crippen LogP contribution in [0.15, 0.2) is 24.3 Å². The van der Waals surface area contributed by atoms with Crippen molar-refractivity contribution in [3.05, 3.63) is 29.8 Å². The van der Waals surface area contributed by atoms with Crippen LogP contribution in [0.2, 0.25) is 0 Å². The van der Waals surface area contributed by atoms with Gasteiger partial charge in [-0.05, 0) is 51.3 Å². The molecule has 1 heterocycles. The maximum absolute atomic E-state index is 12.0. The standard InChI is InChI=1S/C16H24N2O3/c1-15(2,3)21-14(19)18-9-7-16(20,8-10-18)12-5-4-6-13(17)11-12/h4-6,11,20H,7-10,17H2,1-3H3. The number of nitrogens with two attached hydrogens (primary N) is 1. The number of amides is 1. The summed E-state index contributed by atoms with van der Waals surface area (Å²) < 4.78 is 5.36. The molecule has 5 heteroatoms. The summed E-state index contributed by atoms with van der Waals surface area (Å²) in [6, 6.07) is 7.30. The Balaban J connectivity index is 2.01. The lowest BCUT2D eigenvalue weighted by Crippen LogP contribution is -2.46. The average Bonchev–Trinajstić information content (AvgIpc) is 2.37. The summed E-state index contributed by atoms with van der Waals surface area (Å²) in [5, 5.41) is 10.8. The van der Waals surface area contributed by atoms with Crippen molar-refractivity contribution in [3.63, 3.8) is 0 Å². The van der Waals surface area contributed by atoms with Crippen LogP contribution in [0, 0.1) is 0 Å². The summed E-state index contributed by atoms with van der Waals surface area (Å²) in [4.78, 5) is 13.7. The molecule has 0 aromatic heterocycles. The van der Waals surface area contributed by atoms with E-state index in [9.17, 15) is 9.90 Å². The number of anilines is 1. The second-order valence-corrected chi connectivity index (χ2v) is 6.62. The normalized spacial score (nSPS) is 18.4. The Labute approximate surface area is 125 Å². The zero-order chi connectivity index (χ0) is 15.7. The van der Waals surface area contributed by atoms with Gasteiger partial charge in [-0.25, -0.2) is 4.79 Å². The Morgan fingerprint density at radius 1 is 1.33 bits per heavy atom. The molecule has 1 saturated heterocycles. The van der Waals surface area contributed by atoms with Crippen LogP contribution >= 0.6 is 0 Å². The van der Waals surface area contributed by atoms with E-state index in [4.69, 9.17) is 10.5 Å². The predicted molar refractivity (Wildman–Crippen MR) is 81.8 cm³/mol. The van der Waals surface area contributed by atoms with E-state index in [1.54, 1.807) is 17.0 Å². The van der Waals surface area contributed by atoms with Gasteiger partial charge >= 0.3 is 6.09 Å². The van der Waals surface area contributed by atoms with Gasteiger partial charge < -0.3 is 20.5 Å². The van der Waals surface area contributed by atoms with Gasteiger partial charge in [0, 0.05) is 18.8 Å². The van der Waals surface area contributed by atoms with Gasteiger partial charge in [0.1, 0.15) is 5.60 Å². The number of carbonyl (C=O) groups is 1. The Bertz CT molecular complexity index is 514. The van der Waals surface area contributed by atoms with Gasteiger partial charge in [0.15, 0.2) is 0 Å². The molecule has 0 bridgehead atoms. The minimum Gasteiger partial charge on any atom is -0.444 e. The van der Waals surface area contributed by atoms with E-state index in [0.29, 0.717) is 31.6 Å². The fraction of sp³-hybridized carbons (Fsp3) is 0.562. The number of aliphatic hydroxyl groups is 1. The quantitative estimate of drug-likeness (QED) is 0.780. The van der Waals surface area contributed by atoms with E-state index in [-0.39, 0.29) is 6.09 Å². The van der Waals surface area contributed by atoms with Crippen LogP contribution in [0.5, 0.6) is 0 Å². The van der Waals surface area contributed by atoms with E-state index < -0.39 is 11.2 Å². The van der Waals surface area contributed by atoms with Crippen LogP contribution in [-0.4, -0.2) is 34.8 Å². The second kappa shape index (κ2) is 5.56. The van der Waals surface area contributed by atoms with Gasteiger partial charge in [0.2, 0.25) is 0 Å². The zero-order valence-corrected chi connectivity index (χ0v) is 12.9. The molecule has 0 atom stereocenters. The fourth-order valence-corrected chi connectivity index (χ4v) is 2.50. The van der Waals surface area contributed by atoms with Crippen molar-refractivity contribution in [2.24, 2.45) is 0 Å². The number of hydrogen-bond donors (Lipinski definition) is 2. The van der Waals surface area contributed by atoms with Crippen LogP contribution in [0.25, 0.3) is 0 Å². The lowest BCUT2D eigenvalue weighted by molar-refractivity contribution is -0.0356. The summed E-state index contributed by atoms with van der Waals surface area (Å²) in [5.41, 5.74) is 5.80. The molecule has 3 N–H and O–H groups in total. The molecule has 5 nitrogen and oxygen atoms in total. The molecule has 1 aliphatic heterocycles. The smallest absolute Gasteiger partial charge is 0.410 e. The molecular weight excluding hydrogens is 268 g/mol. The first kappa shape index (κ1) is 15.6. The number of nitrogens with zero attached hydrogens (tertiary/aromatic N) is 1. The number of likely N-dealkylation sites (tertiary alicyclic amines) is 1. The SMILES string of the molecule is CC(C)(C)OC(=O)N1CCC(O)(c2cccc(N)c2)CC1. The molecule has 0 unspecified atom stereocenters. The van der Waals surface area contributed by atoms with Crippen molar-refractivity contribution >= 4 is 11.8 Å². The number of rotatable bonds is 1. The van der Waals surface area contributed by atoms with E-state index in [1.165, 1.54) is 0 Å². The maximum Gasteiger partial charge on any atom is 0.410 e. The third kappa shape index (κ3) is 3.88. The van der Waals surface area contributed by atoms with E-state index in [2.05, 4.69) is 0 Å². The van der Waals surface area contributed by atoms with Crippen molar-refractivity contribution in [1.82, 2.24) is 4.90 Å². The van der Waals surface area contributed by atoms with Crippen molar-refractivity contribution < 1.29 is 14.6 Å². The van der Waals surface area contributed by atoms with Crippen molar-refractivity contribution in [1.29, 1.82) is 0 Å². The molecule has 0 spiro atoms. The molecular formula is C16H24N2O3. The van der Waals surface area contributed by atoms with Crippen LogP contribution in [0.1, 0.15) is 39.2 Å². The van der Waals surface area contributed by atoms with Crippen LogP contribution in [0.4, 0.5) is 10.5 Å². The molecule has 2 rings (SSSR count). The Kier molecular flexibility index (Phi) is 4.14. The number of carbonyl (C=O) groups excluding carboxylic acids is 1. The minimum absolute atomic E-state index is 0.322. The lowest BCUT2D eigenvalue weighted by atomic mass is 9.84. The molecule has 1 amide bonds. The first-order chi connectivity index (χ1) is 9.70. The van der Waals surface area contributed by atoms with Crippen molar-refractivity contribution in [2.45, 2.75) is 44.8 Å². The van der Waals surface area contributed by atoms with Crippen LogP contribution in [0.3, 0.4) is 0 Å². The van der Waals surface area contributed by atoms with Gasteiger partial charge in [-0.1, -0.05) is 12.1 Å². The highest BCUT2D eigenvalue weighted by Gasteiger charge is 2.36. The van der Waals surface area contributed by atoms with E-state index in [0.717, 1.165) is 5.56 Å². The highest BCUT2D eigenvalue weighted by molar-refractivity contribution is 5.68. The Morgan fingerprint density at radius 3 is 2.48 bits per heavy atom. The van der Waals surface area contributed by atoms with E-state index >= 15 is 0 Å². The number of piperidine rings is 1. The van der Waals surface area contributed by atoms with Crippen LogP contribution < -0.4 is 5.73 Å². The summed E-state index contributed by atoms with van der Waals surface area (Å²) in [7, 11) is 0. The van der Waals surface area contributed by atoms with Gasteiger partial charge in [-0.2, -0.15) is 0 Å². The summed E-state index contributed by atoms with van der Waals surface area (Å²) in [6.45, 7) is 6.48. The average molecular weight is 292 g/mol. The number of benzene rings is 1. The molecule has 1 aromatic carbocycles. The number of nitrogen functional groups attached to an aromatic ring is 1. The number of ether oxygens (including phenoxy) is 1. The summed E-state index contributed by atoms with van der Waals surface area (Å²) >= 11 is 0. The van der Waals surface area contributed by atoms with Gasteiger partial charge in [0.25, 0.3) is 0 Å². The zero-order valence-electron chi connectivity index (χ0n) is 12.9. The monoisotopic (exact) mass is 292 g/mol. The fourth-order valence-electron chi connectivity index (χ4n) is 2.50. The molecule has 0 aliphatic carbocycles. The first-order valence-electron chi connectivity index (χ1n) is 7.26. The molecule has 1 aromatic rings. The molecule has 21 heavy (non-hydrogen) atoms. The minimum atomic E-state index is -0.923. The summed E-state index contributed by atoms with van der Waals surface area (Å²) in [5.74, 6) is 0. The van der Waals surface area contributed by atoms with E-state index in [1.807, 2.05) is 32.9 Å². The molecule has 0 saturated carbocycles. The highest BCUT2D eigenvalue weighted by atomic mass is 16.6. The molecule has 116 valence electrons. The Morgan fingerprint density at radius 2 is 1.95 bits per heavy atom. The second-order valence-electron chi connectivity index (χ2n) is 6.62. The largest absolute Gasteiger partial charge is 0.444 e. The topological polar surface area (TPSA) is 75.8 Å². The third-order valence-corrected chi connectivity index (χ3v) is 3.67. The first-order valence-corrected chi connectivity index (χ1v) is 7.26. The van der Waals surface area contributed by atoms with Crippen molar-refractivity contribution in [2.75, 3.05) is 18.8 Å². The van der Waals surface area contributed by atoms with Crippen molar-refractivity contribution in [3.8, 4) is 0 Å². The van der Waals surface area contributed by atoms with Gasteiger partial charge in [-0.15, -0.1) is 0 Å². The third-order valence-electron chi connectivity index (χ3n) is 3.67. The Hall–Kier alpha value is -1.75. The van der Waals surface area contributed by atoms with Crippen LogP contribution in [-0.2, 0) is 10.3 Å². The molecule has 1 aliphatic rings.